The molecule has 0 bridgehead atoms. The van der Waals surface area contributed by atoms with Gasteiger partial charge in [0.25, 0.3) is 17.5 Å². The fraction of sp³-hybridized carbons (Fsp3) is 0.185. The summed E-state index contributed by atoms with van der Waals surface area (Å²) in [6.07, 6.45) is 0. The van der Waals surface area contributed by atoms with Crippen LogP contribution < -0.4 is 16.4 Å². The molecule has 11 nitrogen and oxygen atoms in total. The van der Waals surface area contributed by atoms with Gasteiger partial charge in [0, 0.05) is 46.6 Å². The average molecular weight is 518 g/mol. The lowest BCUT2D eigenvalue weighted by atomic mass is 9.92. The number of nitrogen functional groups attached to an aromatic ring is 1. The molecule has 11 heteroatoms. The van der Waals surface area contributed by atoms with E-state index in [2.05, 4.69) is 10.6 Å². The van der Waals surface area contributed by atoms with Crippen LogP contribution in [0, 0.1) is 20.9 Å². The Bertz CT molecular complexity index is 1440. The molecule has 6 N–H and O–H groups in total. The number of hydrogen-bond acceptors (Lipinski definition) is 6. The highest BCUT2D eigenvalue weighted by atomic mass is 16.6. The number of nitro groups is 1. The molecule has 0 aliphatic heterocycles. The van der Waals surface area contributed by atoms with Crippen LogP contribution in [0.2, 0.25) is 0 Å². The minimum Gasteiger partial charge on any atom is -0.478 e. The van der Waals surface area contributed by atoms with E-state index in [0.29, 0.717) is 17.8 Å². The van der Waals surface area contributed by atoms with Crippen molar-refractivity contribution in [1.82, 2.24) is 5.32 Å². The number of nitrogens with zero attached hydrogens (tertiary/aromatic N) is 1. The summed E-state index contributed by atoms with van der Waals surface area (Å²) in [4.78, 5) is 48.8. The lowest BCUT2D eigenvalue weighted by molar-refractivity contribution is -0.384. The van der Waals surface area contributed by atoms with Gasteiger partial charge in [-0.2, -0.15) is 0 Å². The number of amidine groups is 1. The van der Waals surface area contributed by atoms with E-state index in [9.17, 15) is 29.6 Å². The summed E-state index contributed by atoms with van der Waals surface area (Å²) < 4.78 is 0. The number of hydrogen-bond donors (Lipinski definition) is 5. The number of carbonyl (C=O) groups excluding carboxylic acids is 2. The smallest absolute Gasteiger partial charge is 0.336 e. The zero-order valence-corrected chi connectivity index (χ0v) is 21.0. The van der Waals surface area contributed by atoms with E-state index in [0.717, 1.165) is 12.1 Å². The Labute approximate surface area is 218 Å². The molecule has 0 aromatic heterocycles. The van der Waals surface area contributed by atoms with Crippen molar-refractivity contribution in [3.05, 3.63) is 93.0 Å². The zero-order valence-electron chi connectivity index (χ0n) is 21.0. The number of carbonyl (C=O) groups is 3. The highest BCUT2D eigenvalue weighted by molar-refractivity contribution is 6.11. The third-order valence-corrected chi connectivity index (χ3v) is 5.49. The summed E-state index contributed by atoms with van der Waals surface area (Å²) in [7, 11) is 0. The summed E-state index contributed by atoms with van der Waals surface area (Å²) in [6.45, 7) is 6.17. The molecule has 0 aliphatic carbocycles. The van der Waals surface area contributed by atoms with Crippen LogP contribution in [0.4, 0.5) is 11.4 Å². The average Bonchev–Trinajstić information content (AvgIpc) is 2.86. The molecular weight excluding hydrogens is 490 g/mol. The van der Waals surface area contributed by atoms with Gasteiger partial charge in [-0.1, -0.05) is 26.8 Å². The Morgan fingerprint density at radius 1 is 0.921 bits per heavy atom. The van der Waals surface area contributed by atoms with Gasteiger partial charge in [0.15, 0.2) is 0 Å². The summed E-state index contributed by atoms with van der Waals surface area (Å²) >= 11 is 0. The number of nitrogens with two attached hydrogens (primary N) is 1. The zero-order chi connectivity index (χ0) is 28.2. The number of nitrogens with one attached hydrogen (secondary N) is 3. The summed E-state index contributed by atoms with van der Waals surface area (Å²) in [6, 6.07) is 13.6. The number of carboxylic acids is 1. The molecule has 2 amide bonds. The van der Waals surface area contributed by atoms with E-state index in [4.69, 9.17) is 11.1 Å². The maximum atomic E-state index is 13.2. The molecular formula is C27H27N5O6. The first-order valence-corrected chi connectivity index (χ1v) is 11.5. The normalized spacial score (nSPS) is 10.9. The van der Waals surface area contributed by atoms with Crippen LogP contribution in [0.1, 0.15) is 57.4 Å². The largest absolute Gasteiger partial charge is 0.478 e. The fourth-order valence-electron chi connectivity index (χ4n) is 3.54. The predicted molar refractivity (Wildman–Crippen MR) is 143 cm³/mol. The van der Waals surface area contributed by atoms with Crippen LogP contribution in [0.5, 0.6) is 0 Å². The number of carboxylic acid groups (broad SMARTS) is 1. The molecule has 0 fully saturated rings. The van der Waals surface area contributed by atoms with E-state index >= 15 is 0 Å². The third-order valence-electron chi connectivity index (χ3n) is 5.49. The molecule has 196 valence electrons. The van der Waals surface area contributed by atoms with E-state index in [1.807, 2.05) is 20.8 Å². The Hall–Kier alpha value is -5.06. The van der Waals surface area contributed by atoms with Crippen LogP contribution >= 0.6 is 0 Å². The molecule has 3 aromatic carbocycles. The van der Waals surface area contributed by atoms with Gasteiger partial charge in [-0.15, -0.1) is 0 Å². The van der Waals surface area contributed by atoms with Crippen LogP contribution in [-0.4, -0.2) is 40.2 Å². The van der Waals surface area contributed by atoms with Crippen molar-refractivity contribution in [3.63, 3.8) is 0 Å². The second kappa shape index (κ2) is 10.9. The minimum atomic E-state index is -1.37. The third kappa shape index (κ3) is 6.58. The maximum absolute atomic E-state index is 13.2. The number of benzene rings is 3. The first-order valence-electron chi connectivity index (χ1n) is 11.5. The monoisotopic (exact) mass is 517 g/mol. The van der Waals surface area contributed by atoms with Crippen molar-refractivity contribution in [2.75, 3.05) is 11.9 Å². The second-order valence-electron chi connectivity index (χ2n) is 9.74. The molecule has 3 aromatic rings. The van der Waals surface area contributed by atoms with Gasteiger partial charge >= 0.3 is 5.97 Å². The predicted octanol–water partition coefficient (Wildman–Crippen LogP) is 4.27. The molecule has 0 aliphatic rings. The number of anilines is 1. The van der Waals surface area contributed by atoms with E-state index in [1.165, 1.54) is 36.4 Å². The molecule has 0 radical (unpaired) electrons. The molecule has 0 spiro atoms. The van der Waals surface area contributed by atoms with Crippen LogP contribution in [0.25, 0.3) is 11.1 Å². The molecule has 0 saturated heterocycles. The van der Waals surface area contributed by atoms with Gasteiger partial charge in [0.05, 0.1) is 10.5 Å². The highest BCUT2D eigenvalue weighted by Gasteiger charge is 2.23. The first kappa shape index (κ1) is 27.5. The Morgan fingerprint density at radius 2 is 1.55 bits per heavy atom. The summed E-state index contributed by atoms with van der Waals surface area (Å²) in [5.41, 5.74) is 5.57. The van der Waals surface area contributed by atoms with Gasteiger partial charge in [0.1, 0.15) is 5.84 Å². The van der Waals surface area contributed by atoms with Crippen LogP contribution in [0.3, 0.4) is 0 Å². The minimum absolute atomic E-state index is 0.0103. The van der Waals surface area contributed by atoms with Gasteiger partial charge in [0.2, 0.25) is 0 Å². The quantitative estimate of drug-likeness (QED) is 0.128. The van der Waals surface area contributed by atoms with Gasteiger partial charge in [-0.3, -0.25) is 25.1 Å². The standard InChI is InChI=1S/C27H27N5O6/c1-27(2,3)14-30-24(33)16-6-10-19(22(12-16)26(35)36)21-13-18(32(37)38)9-11-20(21)25(34)31-17-7-4-15(5-8-17)23(28)29/h4-13H,14H2,1-3H3,(H3,28,29)(H,30,33)(H,31,34)(H,35,36). The number of non-ortho nitro benzene ring substituents is 1. The Kier molecular flexibility index (Phi) is 7.90. The Balaban J connectivity index is 2.06. The molecule has 38 heavy (non-hydrogen) atoms. The van der Waals surface area contributed by atoms with Gasteiger partial charge in [-0.05, 0) is 53.4 Å². The first-order chi connectivity index (χ1) is 17.8. The molecule has 3 rings (SSSR count). The lowest BCUT2D eigenvalue weighted by Crippen LogP contribution is -2.32. The van der Waals surface area contributed by atoms with Crippen molar-refractivity contribution in [1.29, 1.82) is 5.41 Å². The summed E-state index contributed by atoms with van der Waals surface area (Å²) in [5.74, 6) is -2.63. The molecule has 0 unspecified atom stereocenters. The lowest BCUT2D eigenvalue weighted by Gasteiger charge is -2.19. The number of rotatable bonds is 8. The molecule has 0 atom stereocenters. The molecule has 0 saturated carbocycles. The van der Waals surface area contributed by atoms with E-state index in [1.54, 1.807) is 12.1 Å². The second-order valence-corrected chi connectivity index (χ2v) is 9.74. The van der Waals surface area contributed by atoms with Gasteiger partial charge in [-0.25, -0.2) is 4.79 Å². The highest BCUT2D eigenvalue weighted by Crippen LogP contribution is 2.32. The van der Waals surface area contributed by atoms with Crippen LogP contribution in [0.15, 0.2) is 60.7 Å². The van der Waals surface area contributed by atoms with Crippen molar-refractivity contribution >= 4 is 35.0 Å². The SMILES string of the molecule is CC(C)(C)CNC(=O)c1ccc(-c2cc([N+](=O)[O-])ccc2C(=O)Nc2ccc(C(=N)N)cc2)c(C(=O)O)c1. The number of aromatic carboxylic acids is 1. The molecule has 0 heterocycles. The van der Waals surface area contributed by atoms with Crippen molar-refractivity contribution < 1.29 is 24.4 Å². The summed E-state index contributed by atoms with van der Waals surface area (Å²) in [5, 5.41) is 34.3. The van der Waals surface area contributed by atoms with Crippen molar-refractivity contribution in [2.24, 2.45) is 11.1 Å². The maximum Gasteiger partial charge on any atom is 0.336 e. The van der Waals surface area contributed by atoms with Crippen LogP contribution in [-0.2, 0) is 0 Å². The number of nitro benzene ring substituents is 1. The topological polar surface area (TPSA) is 189 Å². The van der Waals surface area contributed by atoms with Gasteiger partial charge < -0.3 is 21.5 Å². The number of amides is 2. The van der Waals surface area contributed by atoms with E-state index < -0.39 is 22.7 Å². The fourth-order valence-corrected chi connectivity index (χ4v) is 3.54. The Morgan fingerprint density at radius 3 is 2.11 bits per heavy atom. The van der Waals surface area contributed by atoms with Crippen molar-refractivity contribution in [2.45, 2.75) is 20.8 Å². The van der Waals surface area contributed by atoms with Crippen molar-refractivity contribution in [3.8, 4) is 11.1 Å². The van der Waals surface area contributed by atoms with E-state index in [-0.39, 0.29) is 44.8 Å².